The van der Waals surface area contributed by atoms with E-state index >= 15 is 0 Å². The quantitative estimate of drug-likeness (QED) is 0.856. The Morgan fingerprint density at radius 2 is 2.11 bits per heavy atom. The molecule has 2 N–H and O–H groups in total. The number of nitrogens with one attached hydrogen (secondary N) is 1. The summed E-state index contributed by atoms with van der Waals surface area (Å²) in [6.45, 7) is 5.85. The molecule has 0 saturated heterocycles. The van der Waals surface area contributed by atoms with Gasteiger partial charge in [-0.25, -0.2) is 4.79 Å². The van der Waals surface area contributed by atoms with Gasteiger partial charge in [0.05, 0.1) is 6.10 Å². The highest BCUT2D eigenvalue weighted by atomic mass is 16.3. The van der Waals surface area contributed by atoms with Gasteiger partial charge in [0, 0.05) is 18.8 Å². The predicted molar refractivity (Wildman–Crippen MR) is 78.2 cm³/mol. The molecule has 0 bridgehead atoms. The van der Waals surface area contributed by atoms with Crippen LogP contribution in [0.2, 0.25) is 0 Å². The molecular weight excluding hydrogens is 240 g/mol. The van der Waals surface area contributed by atoms with Crippen LogP contribution < -0.4 is 5.32 Å². The number of carbonyl (C=O) groups excluding carboxylic acids is 1. The van der Waals surface area contributed by atoms with Gasteiger partial charge in [0.25, 0.3) is 0 Å². The lowest BCUT2D eigenvalue weighted by molar-refractivity contribution is 0.199. The number of benzene rings is 1. The highest BCUT2D eigenvalue weighted by molar-refractivity contribution is 5.89. The zero-order valence-corrected chi connectivity index (χ0v) is 12.2. The molecule has 19 heavy (non-hydrogen) atoms. The van der Waals surface area contributed by atoms with Crippen molar-refractivity contribution < 1.29 is 9.90 Å². The van der Waals surface area contributed by atoms with Crippen molar-refractivity contribution in [3.63, 3.8) is 0 Å². The number of amides is 2. The van der Waals surface area contributed by atoms with Crippen LogP contribution in [0.25, 0.3) is 0 Å². The number of urea groups is 1. The van der Waals surface area contributed by atoms with Crippen LogP contribution in [0, 0.1) is 0 Å². The number of hydrogen-bond donors (Lipinski definition) is 2. The van der Waals surface area contributed by atoms with E-state index in [1.165, 1.54) is 0 Å². The molecule has 0 aliphatic carbocycles. The summed E-state index contributed by atoms with van der Waals surface area (Å²) in [6.07, 6.45) is 1.50. The van der Waals surface area contributed by atoms with Gasteiger partial charge < -0.3 is 15.3 Å². The van der Waals surface area contributed by atoms with Crippen LogP contribution in [-0.2, 0) is 0 Å². The number of aliphatic hydroxyl groups is 1. The summed E-state index contributed by atoms with van der Waals surface area (Å²) < 4.78 is 0. The van der Waals surface area contributed by atoms with E-state index in [9.17, 15) is 9.90 Å². The lowest BCUT2D eigenvalue weighted by Crippen LogP contribution is -2.38. The molecule has 2 amide bonds. The van der Waals surface area contributed by atoms with Crippen molar-refractivity contribution in [1.82, 2.24) is 4.90 Å². The first-order valence-electron chi connectivity index (χ1n) is 6.77. The monoisotopic (exact) mass is 264 g/mol. The number of carbonyl (C=O) groups is 1. The van der Waals surface area contributed by atoms with E-state index in [0.717, 1.165) is 18.4 Å². The van der Waals surface area contributed by atoms with Crippen molar-refractivity contribution in [3.05, 3.63) is 29.8 Å². The Kier molecular flexibility index (Phi) is 5.83. The third kappa shape index (κ3) is 4.56. The van der Waals surface area contributed by atoms with E-state index in [0.29, 0.717) is 5.69 Å². The number of nitrogens with zero attached hydrogens (tertiary/aromatic N) is 1. The summed E-state index contributed by atoms with van der Waals surface area (Å²) in [5, 5.41) is 12.4. The molecule has 0 spiro atoms. The molecule has 4 heteroatoms. The summed E-state index contributed by atoms with van der Waals surface area (Å²) in [6, 6.07) is 7.37. The highest BCUT2D eigenvalue weighted by Gasteiger charge is 2.15. The lowest BCUT2D eigenvalue weighted by atomic mass is 10.1. The number of hydrogen-bond acceptors (Lipinski definition) is 2. The fourth-order valence-corrected chi connectivity index (χ4v) is 1.90. The Labute approximate surface area is 115 Å². The van der Waals surface area contributed by atoms with E-state index in [2.05, 4.69) is 12.2 Å². The molecule has 2 unspecified atom stereocenters. The molecule has 0 aromatic heterocycles. The fourth-order valence-electron chi connectivity index (χ4n) is 1.90. The van der Waals surface area contributed by atoms with Crippen molar-refractivity contribution in [2.45, 2.75) is 45.8 Å². The summed E-state index contributed by atoms with van der Waals surface area (Å²) in [5.74, 6) is 0. The Morgan fingerprint density at radius 1 is 1.42 bits per heavy atom. The van der Waals surface area contributed by atoms with E-state index in [1.54, 1.807) is 24.9 Å². The summed E-state index contributed by atoms with van der Waals surface area (Å²) in [5.41, 5.74) is 1.50. The molecule has 0 saturated carbocycles. The molecule has 2 atom stereocenters. The van der Waals surface area contributed by atoms with Crippen LogP contribution in [0.15, 0.2) is 24.3 Å². The minimum absolute atomic E-state index is 0.122. The van der Waals surface area contributed by atoms with Crippen LogP contribution in [0.1, 0.15) is 45.3 Å². The van der Waals surface area contributed by atoms with Gasteiger partial charge in [0.15, 0.2) is 0 Å². The van der Waals surface area contributed by atoms with E-state index < -0.39 is 6.10 Å². The van der Waals surface area contributed by atoms with Crippen molar-refractivity contribution >= 4 is 11.7 Å². The zero-order valence-electron chi connectivity index (χ0n) is 12.2. The molecular formula is C15H24N2O2. The smallest absolute Gasteiger partial charge is 0.321 e. The maximum atomic E-state index is 12.1. The fraction of sp³-hybridized carbons (Fsp3) is 0.533. The number of aliphatic hydroxyl groups excluding tert-OH is 1. The van der Waals surface area contributed by atoms with Crippen molar-refractivity contribution in [1.29, 1.82) is 0 Å². The van der Waals surface area contributed by atoms with Crippen molar-refractivity contribution in [2.75, 3.05) is 12.4 Å². The maximum Gasteiger partial charge on any atom is 0.321 e. The van der Waals surface area contributed by atoms with Gasteiger partial charge in [-0.3, -0.25) is 0 Å². The van der Waals surface area contributed by atoms with Crippen molar-refractivity contribution in [2.24, 2.45) is 0 Å². The largest absolute Gasteiger partial charge is 0.389 e. The molecule has 1 aromatic carbocycles. The Morgan fingerprint density at radius 3 is 2.68 bits per heavy atom. The first-order valence-corrected chi connectivity index (χ1v) is 6.77. The van der Waals surface area contributed by atoms with E-state index in [1.807, 2.05) is 25.1 Å². The van der Waals surface area contributed by atoms with Gasteiger partial charge in [-0.15, -0.1) is 0 Å². The normalized spacial score (nSPS) is 13.7. The topological polar surface area (TPSA) is 52.6 Å². The second-order valence-electron chi connectivity index (χ2n) is 4.98. The summed E-state index contributed by atoms with van der Waals surface area (Å²) in [7, 11) is 1.80. The average Bonchev–Trinajstić information content (AvgIpc) is 2.38. The third-order valence-corrected chi connectivity index (χ3v) is 3.31. The number of rotatable bonds is 5. The highest BCUT2D eigenvalue weighted by Crippen LogP contribution is 2.17. The van der Waals surface area contributed by atoms with Gasteiger partial charge in [0.1, 0.15) is 0 Å². The van der Waals surface area contributed by atoms with E-state index in [-0.39, 0.29) is 12.1 Å². The van der Waals surface area contributed by atoms with Gasteiger partial charge in [-0.2, -0.15) is 0 Å². The van der Waals surface area contributed by atoms with Gasteiger partial charge in [-0.05, 0) is 38.0 Å². The van der Waals surface area contributed by atoms with Crippen molar-refractivity contribution in [3.8, 4) is 0 Å². The summed E-state index contributed by atoms with van der Waals surface area (Å²) >= 11 is 0. The third-order valence-electron chi connectivity index (χ3n) is 3.31. The lowest BCUT2D eigenvalue weighted by Gasteiger charge is -2.25. The molecule has 4 nitrogen and oxygen atoms in total. The van der Waals surface area contributed by atoms with Crippen LogP contribution in [0.4, 0.5) is 10.5 Å². The molecule has 0 aliphatic rings. The Bertz CT molecular complexity index is 418. The molecule has 106 valence electrons. The predicted octanol–water partition coefficient (Wildman–Crippen LogP) is 3.39. The molecule has 1 aromatic rings. The SMILES string of the molecule is CCCC(C)N(C)C(=O)Nc1cccc(C(C)O)c1. The minimum Gasteiger partial charge on any atom is -0.389 e. The number of anilines is 1. The average molecular weight is 264 g/mol. The van der Waals surface area contributed by atoms with Crippen LogP contribution in [0.5, 0.6) is 0 Å². The second-order valence-corrected chi connectivity index (χ2v) is 4.98. The zero-order chi connectivity index (χ0) is 14.4. The Hall–Kier alpha value is -1.55. The maximum absolute atomic E-state index is 12.1. The summed E-state index contributed by atoms with van der Waals surface area (Å²) in [4.78, 5) is 13.8. The molecule has 0 radical (unpaired) electrons. The van der Waals surface area contributed by atoms with E-state index in [4.69, 9.17) is 0 Å². The molecule has 0 aliphatic heterocycles. The van der Waals surface area contributed by atoms with Gasteiger partial charge >= 0.3 is 6.03 Å². The van der Waals surface area contributed by atoms with Gasteiger partial charge in [0.2, 0.25) is 0 Å². The van der Waals surface area contributed by atoms with Crippen LogP contribution >= 0.6 is 0 Å². The van der Waals surface area contributed by atoms with Crippen LogP contribution in [0.3, 0.4) is 0 Å². The first kappa shape index (κ1) is 15.5. The second kappa shape index (κ2) is 7.14. The molecule has 0 fully saturated rings. The van der Waals surface area contributed by atoms with Gasteiger partial charge in [-0.1, -0.05) is 25.5 Å². The van der Waals surface area contributed by atoms with Crippen LogP contribution in [-0.4, -0.2) is 29.1 Å². The minimum atomic E-state index is -0.534. The molecule has 1 rings (SSSR count). The molecule has 0 heterocycles. The Balaban J connectivity index is 2.68. The first-order chi connectivity index (χ1) is 8.95. The standard InChI is InChI=1S/C15H24N2O2/c1-5-7-11(2)17(4)15(19)16-14-9-6-8-13(10-14)12(3)18/h6,8-12,18H,5,7H2,1-4H3,(H,16,19).